The van der Waals surface area contributed by atoms with Crippen molar-refractivity contribution >= 4 is 32.7 Å². The summed E-state index contributed by atoms with van der Waals surface area (Å²) in [5, 5.41) is 3.52. The van der Waals surface area contributed by atoms with E-state index in [0.717, 1.165) is 44.5 Å². The second kappa shape index (κ2) is 12.5. The SMILES string of the molecule is CC1(C)c2ccccc2-c2cc3c4ccccc4n(-c4cc(-c5ccccc5)cc(-c5nc(-c6ccc(-c7ccccc7)cc6)c6ccccc6n5)c4)c3cc21. The van der Waals surface area contributed by atoms with E-state index in [-0.39, 0.29) is 5.41 Å². The number of para-hydroxylation sites is 2. The van der Waals surface area contributed by atoms with E-state index >= 15 is 0 Å². The summed E-state index contributed by atoms with van der Waals surface area (Å²) in [6.07, 6.45) is 0. The van der Waals surface area contributed by atoms with Crippen LogP contribution in [0.25, 0.3) is 94.4 Å². The zero-order valence-electron chi connectivity index (χ0n) is 31.2. The van der Waals surface area contributed by atoms with Crippen molar-refractivity contribution in [2.75, 3.05) is 0 Å². The van der Waals surface area contributed by atoms with Crippen LogP contribution in [-0.4, -0.2) is 14.5 Å². The first-order chi connectivity index (χ1) is 27.5. The quantitative estimate of drug-likeness (QED) is 0.178. The Balaban J connectivity index is 1.15. The van der Waals surface area contributed by atoms with Gasteiger partial charge in [0.25, 0.3) is 0 Å². The lowest BCUT2D eigenvalue weighted by molar-refractivity contribution is 0.661. The van der Waals surface area contributed by atoms with Crippen LogP contribution in [0.4, 0.5) is 0 Å². The van der Waals surface area contributed by atoms with Gasteiger partial charge in [0.05, 0.1) is 22.2 Å². The number of rotatable bonds is 5. The maximum Gasteiger partial charge on any atom is 0.160 e. The van der Waals surface area contributed by atoms with Gasteiger partial charge < -0.3 is 4.57 Å². The van der Waals surface area contributed by atoms with Crippen molar-refractivity contribution in [2.45, 2.75) is 19.3 Å². The topological polar surface area (TPSA) is 30.7 Å². The molecule has 0 unspecified atom stereocenters. The second-order valence-corrected chi connectivity index (χ2v) is 15.4. The van der Waals surface area contributed by atoms with E-state index in [1.807, 2.05) is 0 Å². The maximum absolute atomic E-state index is 5.39. The van der Waals surface area contributed by atoms with E-state index in [1.165, 1.54) is 55.2 Å². The minimum atomic E-state index is -0.118. The van der Waals surface area contributed by atoms with Crippen molar-refractivity contribution in [1.82, 2.24) is 14.5 Å². The van der Waals surface area contributed by atoms with E-state index < -0.39 is 0 Å². The fraction of sp³-hybridized carbons (Fsp3) is 0.0566. The average Bonchev–Trinajstić information content (AvgIpc) is 3.70. The number of hydrogen-bond acceptors (Lipinski definition) is 2. The van der Waals surface area contributed by atoms with Crippen molar-refractivity contribution in [3.63, 3.8) is 0 Å². The summed E-state index contributed by atoms with van der Waals surface area (Å²) in [6.45, 7) is 4.71. The van der Waals surface area contributed by atoms with E-state index in [4.69, 9.17) is 9.97 Å². The minimum absolute atomic E-state index is 0.118. The Morgan fingerprint density at radius 1 is 0.393 bits per heavy atom. The van der Waals surface area contributed by atoms with Gasteiger partial charge in [-0.25, -0.2) is 9.97 Å². The van der Waals surface area contributed by atoms with Gasteiger partial charge in [-0.2, -0.15) is 0 Å². The number of fused-ring (bicyclic) bond motifs is 7. The van der Waals surface area contributed by atoms with Crippen LogP contribution in [0.5, 0.6) is 0 Å². The molecule has 0 bridgehead atoms. The first-order valence-electron chi connectivity index (χ1n) is 19.3. The van der Waals surface area contributed by atoms with Crippen molar-refractivity contribution in [3.8, 4) is 61.7 Å². The monoisotopic (exact) mass is 715 g/mol. The molecule has 0 saturated heterocycles. The molecule has 0 N–H and O–H groups in total. The molecule has 0 atom stereocenters. The van der Waals surface area contributed by atoms with Gasteiger partial charge in [-0.15, -0.1) is 0 Å². The van der Waals surface area contributed by atoms with Crippen LogP contribution in [-0.2, 0) is 5.41 Å². The summed E-state index contributed by atoms with van der Waals surface area (Å²) in [6, 6.07) is 67.7. The number of benzene rings is 8. The summed E-state index contributed by atoms with van der Waals surface area (Å²) in [7, 11) is 0. The third kappa shape index (κ3) is 5.05. The molecular weight excluding hydrogens is 679 g/mol. The van der Waals surface area contributed by atoms with Gasteiger partial charge in [-0.05, 0) is 87.0 Å². The molecule has 0 spiro atoms. The van der Waals surface area contributed by atoms with Crippen LogP contribution in [0, 0.1) is 0 Å². The summed E-state index contributed by atoms with van der Waals surface area (Å²) < 4.78 is 2.45. The Kier molecular flexibility index (Phi) is 7.20. The van der Waals surface area contributed by atoms with E-state index in [9.17, 15) is 0 Å². The van der Waals surface area contributed by atoms with Gasteiger partial charge in [-0.1, -0.05) is 159 Å². The van der Waals surface area contributed by atoms with Gasteiger partial charge in [0.15, 0.2) is 5.82 Å². The molecule has 11 rings (SSSR count). The molecule has 2 heterocycles. The van der Waals surface area contributed by atoms with Gasteiger partial charge in [0.1, 0.15) is 0 Å². The van der Waals surface area contributed by atoms with Crippen molar-refractivity contribution in [2.24, 2.45) is 0 Å². The number of hydrogen-bond donors (Lipinski definition) is 0. The molecule has 8 aromatic carbocycles. The number of nitrogens with zero attached hydrogens (tertiary/aromatic N) is 3. The first-order valence-corrected chi connectivity index (χ1v) is 19.3. The van der Waals surface area contributed by atoms with Crippen LogP contribution in [0.3, 0.4) is 0 Å². The average molecular weight is 716 g/mol. The second-order valence-electron chi connectivity index (χ2n) is 15.4. The van der Waals surface area contributed by atoms with Crippen molar-refractivity contribution in [1.29, 1.82) is 0 Å². The Labute approximate surface area is 326 Å². The smallest absolute Gasteiger partial charge is 0.160 e. The predicted molar refractivity (Wildman–Crippen MR) is 233 cm³/mol. The standard InChI is InChI=1S/C53H37N3/c1-53(2)46-22-12-9-19-41(46)44-32-45-42-20-11-14-24-49(42)56(50(45)33-47(44)53)40-30-38(35-17-7-4-8-18-35)29-39(31-40)52-54-48-23-13-10-21-43(48)51(55-52)37-27-25-36(26-28-37)34-15-5-3-6-16-34/h3-33H,1-2H3. The molecular formula is C53H37N3. The van der Waals surface area contributed by atoms with Gasteiger partial charge in [0.2, 0.25) is 0 Å². The normalized spacial score (nSPS) is 13.0. The first kappa shape index (κ1) is 32.3. The highest BCUT2D eigenvalue weighted by Crippen LogP contribution is 2.51. The highest BCUT2D eigenvalue weighted by molar-refractivity contribution is 6.12. The van der Waals surface area contributed by atoms with E-state index in [2.05, 4.69) is 206 Å². The van der Waals surface area contributed by atoms with Crippen LogP contribution in [0.1, 0.15) is 25.0 Å². The Morgan fingerprint density at radius 3 is 1.79 bits per heavy atom. The molecule has 0 aliphatic heterocycles. The molecule has 10 aromatic rings. The Hall–Kier alpha value is -7.10. The molecule has 1 aliphatic rings. The van der Waals surface area contributed by atoms with Crippen LogP contribution < -0.4 is 0 Å². The number of aromatic nitrogens is 3. The fourth-order valence-corrected chi connectivity index (χ4v) is 8.98. The molecule has 0 radical (unpaired) electrons. The van der Waals surface area contributed by atoms with Crippen molar-refractivity contribution < 1.29 is 0 Å². The molecule has 0 fully saturated rings. The minimum Gasteiger partial charge on any atom is -0.309 e. The van der Waals surface area contributed by atoms with Gasteiger partial charge in [0, 0.05) is 38.4 Å². The van der Waals surface area contributed by atoms with Crippen LogP contribution in [0.2, 0.25) is 0 Å². The molecule has 2 aromatic heterocycles. The molecule has 3 nitrogen and oxygen atoms in total. The lowest BCUT2D eigenvalue weighted by Gasteiger charge is -2.22. The molecule has 56 heavy (non-hydrogen) atoms. The zero-order valence-corrected chi connectivity index (χ0v) is 31.2. The lowest BCUT2D eigenvalue weighted by atomic mass is 9.82. The summed E-state index contributed by atoms with van der Waals surface area (Å²) in [5.41, 5.74) is 17.2. The zero-order chi connectivity index (χ0) is 37.4. The van der Waals surface area contributed by atoms with Gasteiger partial charge >= 0.3 is 0 Å². The molecule has 3 heteroatoms. The summed E-state index contributed by atoms with van der Waals surface area (Å²) in [4.78, 5) is 10.6. The maximum atomic E-state index is 5.39. The lowest BCUT2D eigenvalue weighted by Crippen LogP contribution is -2.15. The third-order valence-electron chi connectivity index (χ3n) is 11.8. The van der Waals surface area contributed by atoms with E-state index in [0.29, 0.717) is 5.82 Å². The fourth-order valence-electron chi connectivity index (χ4n) is 8.98. The predicted octanol–water partition coefficient (Wildman–Crippen LogP) is 13.7. The summed E-state index contributed by atoms with van der Waals surface area (Å²) >= 11 is 0. The van der Waals surface area contributed by atoms with Gasteiger partial charge in [-0.3, -0.25) is 0 Å². The largest absolute Gasteiger partial charge is 0.309 e. The Bertz CT molecular complexity index is 3140. The highest BCUT2D eigenvalue weighted by Gasteiger charge is 2.36. The Morgan fingerprint density at radius 2 is 1.00 bits per heavy atom. The van der Waals surface area contributed by atoms with Crippen molar-refractivity contribution in [3.05, 3.63) is 199 Å². The highest BCUT2D eigenvalue weighted by atomic mass is 15.0. The molecule has 0 amide bonds. The molecule has 1 aliphatic carbocycles. The van der Waals surface area contributed by atoms with Crippen LogP contribution in [0.15, 0.2) is 188 Å². The molecule has 0 saturated carbocycles. The molecule has 264 valence electrons. The third-order valence-corrected chi connectivity index (χ3v) is 11.8. The van der Waals surface area contributed by atoms with Crippen LogP contribution >= 0.6 is 0 Å². The summed E-state index contributed by atoms with van der Waals surface area (Å²) in [5.74, 6) is 0.697. The van der Waals surface area contributed by atoms with E-state index in [1.54, 1.807) is 0 Å².